The zero-order valence-electron chi connectivity index (χ0n) is 16.1. The van der Waals surface area contributed by atoms with E-state index in [9.17, 15) is 14.4 Å². The first kappa shape index (κ1) is 20.9. The summed E-state index contributed by atoms with van der Waals surface area (Å²) >= 11 is 0. The van der Waals surface area contributed by atoms with Crippen LogP contribution in [0.15, 0.2) is 24.3 Å². The van der Waals surface area contributed by atoms with Crippen LogP contribution in [0.3, 0.4) is 0 Å². The maximum absolute atomic E-state index is 12.3. The van der Waals surface area contributed by atoms with Gasteiger partial charge in [0, 0.05) is 37.4 Å². The van der Waals surface area contributed by atoms with Gasteiger partial charge in [-0.2, -0.15) is 0 Å². The van der Waals surface area contributed by atoms with E-state index >= 15 is 0 Å². The molecule has 1 fully saturated rings. The van der Waals surface area contributed by atoms with Gasteiger partial charge in [-0.15, -0.1) is 0 Å². The third-order valence-corrected chi connectivity index (χ3v) is 5.01. The molecule has 0 spiro atoms. The molecule has 1 aromatic rings. The van der Waals surface area contributed by atoms with Crippen molar-refractivity contribution in [3.8, 4) is 5.75 Å². The number of nitrogens with zero attached hydrogens (tertiary/aromatic N) is 1. The number of ether oxygens (including phenoxy) is 1. The van der Waals surface area contributed by atoms with Gasteiger partial charge in [0.1, 0.15) is 5.75 Å². The highest BCUT2D eigenvalue weighted by molar-refractivity contribution is 5.98. The van der Waals surface area contributed by atoms with E-state index in [4.69, 9.17) is 10.5 Å². The molecule has 0 bridgehead atoms. The summed E-state index contributed by atoms with van der Waals surface area (Å²) in [5.41, 5.74) is 5.90. The maximum Gasteiger partial charge on any atom is 0.223 e. The Morgan fingerprint density at radius 2 is 1.74 bits per heavy atom. The van der Waals surface area contributed by atoms with Crippen LogP contribution in [0.25, 0.3) is 0 Å². The van der Waals surface area contributed by atoms with Gasteiger partial charge >= 0.3 is 0 Å². The molecule has 1 aliphatic rings. The van der Waals surface area contributed by atoms with Crippen molar-refractivity contribution >= 4 is 17.6 Å². The number of Topliss-reactive ketones (excluding diaryl/α,β-unsaturated/α-hetero) is 1. The molecule has 2 N–H and O–H groups in total. The van der Waals surface area contributed by atoms with Gasteiger partial charge in [-0.05, 0) is 43.5 Å². The SMILES string of the molecule is CCCCCOc1ccc(C(=O)CCC(=O)N2CCC(C(N)=O)CC2)cc1. The lowest BCUT2D eigenvalue weighted by molar-refractivity contribution is -0.134. The Labute approximate surface area is 161 Å². The molecule has 1 heterocycles. The number of primary amides is 1. The number of piperidine rings is 1. The normalized spacial score (nSPS) is 14.8. The van der Waals surface area contributed by atoms with Crippen LogP contribution in [0.5, 0.6) is 5.75 Å². The molecule has 1 aromatic carbocycles. The molecule has 0 aliphatic carbocycles. The van der Waals surface area contributed by atoms with E-state index in [-0.39, 0.29) is 36.4 Å². The van der Waals surface area contributed by atoms with Crippen LogP contribution in [0.4, 0.5) is 0 Å². The Morgan fingerprint density at radius 3 is 2.33 bits per heavy atom. The monoisotopic (exact) mass is 374 g/mol. The number of amides is 2. The number of ketones is 1. The van der Waals surface area contributed by atoms with Crippen LogP contribution in [-0.2, 0) is 9.59 Å². The van der Waals surface area contributed by atoms with E-state index in [0.29, 0.717) is 38.1 Å². The first-order valence-corrected chi connectivity index (χ1v) is 9.84. The van der Waals surface area contributed by atoms with E-state index in [1.165, 1.54) is 0 Å². The molecule has 0 radical (unpaired) electrons. The number of nitrogens with two attached hydrogens (primary N) is 1. The standard InChI is InChI=1S/C21H30N2O4/c1-2-3-4-15-27-18-7-5-16(6-8-18)19(24)9-10-20(25)23-13-11-17(12-14-23)21(22)26/h5-8,17H,2-4,9-15H2,1H3,(H2,22,26). The summed E-state index contributed by atoms with van der Waals surface area (Å²) < 4.78 is 5.64. The summed E-state index contributed by atoms with van der Waals surface area (Å²) in [7, 11) is 0. The highest BCUT2D eigenvalue weighted by Crippen LogP contribution is 2.19. The van der Waals surface area contributed by atoms with Crippen molar-refractivity contribution in [2.24, 2.45) is 11.7 Å². The molecule has 27 heavy (non-hydrogen) atoms. The molecule has 148 valence electrons. The molecule has 2 rings (SSSR count). The fourth-order valence-electron chi connectivity index (χ4n) is 3.22. The lowest BCUT2D eigenvalue weighted by atomic mass is 9.96. The van der Waals surface area contributed by atoms with Crippen molar-refractivity contribution in [1.82, 2.24) is 4.90 Å². The Morgan fingerprint density at radius 1 is 1.07 bits per heavy atom. The minimum atomic E-state index is -0.296. The van der Waals surface area contributed by atoms with Gasteiger partial charge in [0.25, 0.3) is 0 Å². The van der Waals surface area contributed by atoms with Gasteiger partial charge in [-0.1, -0.05) is 19.8 Å². The number of carbonyl (C=O) groups excluding carboxylic acids is 3. The molecular weight excluding hydrogens is 344 g/mol. The zero-order valence-corrected chi connectivity index (χ0v) is 16.1. The van der Waals surface area contributed by atoms with Crippen molar-refractivity contribution < 1.29 is 19.1 Å². The second-order valence-corrected chi connectivity index (χ2v) is 7.06. The van der Waals surface area contributed by atoms with E-state index in [0.717, 1.165) is 25.0 Å². The summed E-state index contributed by atoms with van der Waals surface area (Å²) in [6.45, 7) is 3.89. The average Bonchev–Trinajstić information content (AvgIpc) is 2.69. The molecule has 2 amide bonds. The van der Waals surface area contributed by atoms with Gasteiger partial charge in [0.2, 0.25) is 11.8 Å². The highest BCUT2D eigenvalue weighted by atomic mass is 16.5. The number of hydrogen-bond donors (Lipinski definition) is 1. The van der Waals surface area contributed by atoms with Crippen molar-refractivity contribution in [3.05, 3.63) is 29.8 Å². The quantitative estimate of drug-likeness (QED) is 0.504. The number of rotatable bonds is 10. The Balaban J connectivity index is 1.73. The van der Waals surface area contributed by atoms with Crippen molar-refractivity contribution in [2.75, 3.05) is 19.7 Å². The van der Waals surface area contributed by atoms with E-state index in [1.807, 2.05) is 0 Å². The number of carbonyl (C=O) groups is 3. The smallest absolute Gasteiger partial charge is 0.223 e. The minimum Gasteiger partial charge on any atom is -0.494 e. The summed E-state index contributed by atoms with van der Waals surface area (Å²) in [6.07, 6.45) is 4.91. The molecule has 6 heteroatoms. The van der Waals surface area contributed by atoms with Crippen molar-refractivity contribution in [3.63, 3.8) is 0 Å². The molecule has 6 nitrogen and oxygen atoms in total. The summed E-state index contributed by atoms with van der Waals surface area (Å²) in [6, 6.07) is 7.10. The minimum absolute atomic E-state index is 0.0397. The number of hydrogen-bond acceptors (Lipinski definition) is 4. The number of unbranched alkanes of at least 4 members (excludes halogenated alkanes) is 2. The van der Waals surface area contributed by atoms with E-state index in [1.54, 1.807) is 29.2 Å². The van der Waals surface area contributed by atoms with Gasteiger partial charge in [0.15, 0.2) is 5.78 Å². The molecular formula is C21H30N2O4. The molecule has 0 unspecified atom stereocenters. The second-order valence-electron chi connectivity index (χ2n) is 7.06. The molecule has 1 saturated heterocycles. The lowest BCUT2D eigenvalue weighted by Crippen LogP contribution is -2.41. The van der Waals surface area contributed by atoms with Crippen LogP contribution in [0.1, 0.15) is 62.2 Å². The first-order chi connectivity index (χ1) is 13.0. The molecule has 0 aromatic heterocycles. The van der Waals surface area contributed by atoms with Crippen molar-refractivity contribution in [1.29, 1.82) is 0 Å². The Bertz CT molecular complexity index is 634. The predicted molar refractivity (Wildman–Crippen MR) is 104 cm³/mol. The van der Waals surface area contributed by atoms with Crippen LogP contribution >= 0.6 is 0 Å². The van der Waals surface area contributed by atoms with Crippen LogP contribution in [-0.4, -0.2) is 42.2 Å². The molecule has 0 atom stereocenters. The predicted octanol–water partition coefficient (Wildman–Crippen LogP) is 2.94. The third kappa shape index (κ3) is 6.70. The van der Waals surface area contributed by atoms with Crippen LogP contribution < -0.4 is 10.5 Å². The van der Waals surface area contributed by atoms with Gasteiger partial charge in [0.05, 0.1) is 6.61 Å². The first-order valence-electron chi connectivity index (χ1n) is 9.84. The maximum atomic E-state index is 12.3. The lowest BCUT2D eigenvalue weighted by Gasteiger charge is -2.30. The number of benzene rings is 1. The largest absolute Gasteiger partial charge is 0.494 e. The summed E-state index contributed by atoms with van der Waals surface area (Å²) in [5.74, 6) is 0.236. The van der Waals surface area contributed by atoms with Gasteiger partial charge in [-0.25, -0.2) is 0 Å². The third-order valence-electron chi connectivity index (χ3n) is 5.01. The Kier molecular flexibility index (Phi) is 8.30. The average molecular weight is 374 g/mol. The van der Waals surface area contributed by atoms with Gasteiger partial charge in [-0.3, -0.25) is 14.4 Å². The van der Waals surface area contributed by atoms with Gasteiger partial charge < -0.3 is 15.4 Å². The van der Waals surface area contributed by atoms with Crippen LogP contribution in [0.2, 0.25) is 0 Å². The van der Waals surface area contributed by atoms with Crippen molar-refractivity contribution in [2.45, 2.75) is 51.9 Å². The molecule has 0 saturated carbocycles. The second kappa shape index (κ2) is 10.7. The fourth-order valence-corrected chi connectivity index (χ4v) is 3.22. The summed E-state index contributed by atoms with van der Waals surface area (Å²) in [4.78, 5) is 37.5. The van der Waals surface area contributed by atoms with E-state index in [2.05, 4.69) is 6.92 Å². The Hall–Kier alpha value is -2.37. The number of likely N-dealkylation sites (tertiary alicyclic amines) is 1. The van der Waals surface area contributed by atoms with E-state index < -0.39 is 0 Å². The molecule has 1 aliphatic heterocycles. The fraction of sp³-hybridized carbons (Fsp3) is 0.571. The summed E-state index contributed by atoms with van der Waals surface area (Å²) in [5, 5.41) is 0. The van der Waals surface area contributed by atoms with Crippen LogP contribution in [0, 0.1) is 5.92 Å². The topological polar surface area (TPSA) is 89.7 Å². The highest BCUT2D eigenvalue weighted by Gasteiger charge is 2.25. The zero-order chi connectivity index (χ0) is 19.6.